The molecule has 0 atom stereocenters. The fraction of sp³-hybridized carbons (Fsp3) is 0.562. The lowest BCUT2D eigenvalue weighted by Gasteiger charge is -2.29. The number of nitrogens with two attached hydrogens (primary N) is 1. The van der Waals surface area contributed by atoms with E-state index in [-0.39, 0.29) is 11.3 Å². The van der Waals surface area contributed by atoms with Crippen molar-refractivity contribution in [3.63, 3.8) is 0 Å². The summed E-state index contributed by atoms with van der Waals surface area (Å²) >= 11 is 0. The molecule has 0 aliphatic heterocycles. The molecule has 0 unspecified atom stereocenters. The number of methoxy groups -OCH3 is 1. The Hall–Kier alpha value is -1.59. The maximum absolute atomic E-state index is 12.6. The van der Waals surface area contributed by atoms with Crippen LogP contribution in [0.5, 0.6) is 5.75 Å². The molecule has 0 saturated carbocycles. The molecule has 1 rings (SSSR count). The van der Waals surface area contributed by atoms with Crippen LogP contribution in [0.25, 0.3) is 0 Å². The van der Waals surface area contributed by atoms with E-state index in [1.807, 2.05) is 26.0 Å². The molecule has 1 aromatic rings. The molecule has 5 heteroatoms. The maximum Gasteiger partial charge on any atom is 0.257 e. The van der Waals surface area contributed by atoms with Gasteiger partial charge >= 0.3 is 0 Å². The van der Waals surface area contributed by atoms with E-state index < -0.39 is 0 Å². The lowest BCUT2D eigenvalue weighted by Crippen LogP contribution is -2.39. The number of ether oxygens (including phenoxy) is 2. The van der Waals surface area contributed by atoms with Crippen LogP contribution in [0.3, 0.4) is 0 Å². The van der Waals surface area contributed by atoms with Gasteiger partial charge in [-0.15, -0.1) is 0 Å². The molecule has 0 heterocycles. The summed E-state index contributed by atoms with van der Waals surface area (Å²) in [5, 5.41) is 0. The number of benzene rings is 1. The predicted molar refractivity (Wildman–Crippen MR) is 83.6 cm³/mol. The van der Waals surface area contributed by atoms with Crippen LogP contribution in [0.2, 0.25) is 0 Å². The summed E-state index contributed by atoms with van der Waals surface area (Å²) in [6, 6.07) is 7.25. The number of rotatable bonds is 8. The van der Waals surface area contributed by atoms with E-state index in [4.69, 9.17) is 15.2 Å². The van der Waals surface area contributed by atoms with Crippen LogP contribution in [0.1, 0.15) is 24.2 Å². The number of nitrogens with zero attached hydrogens (tertiary/aromatic N) is 1. The summed E-state index contributed by atoms with van der Waals surface area (Å²) in [5.41, 5.74) is 6.17. The summed E-state index contributed by atoms with van der Waals surface area (Å²) in [4.78, 5) is 14.3. The molecule has 0 aromatic heterocycles. The van der Waals surface area contributed by atoms with E-state index in [2.05, 4.69) is 0 Å². The summed E-state index contributed by atoms with van der Waals surface area (Å²) in [7, 11) is 3.40. The molecular weight excluding hydrogens is 268 g/mol. The molecule has 1 aromatic carbocycles. The van der Waals surface area contributed by atoms with Gasteiger partial charge < -0.3 is 20.1 Å². The minimum atomic E-state index is -0.115. The average Bonchev–Trinajstić information content (AvgIpc) is 2.47. The van der Waals surface area contributed by atoms with Gasteiger partial charge in [0.15, 0.2) is 0 Å². The van der Waals surface area contributed by atoms with Crippen molar-refractivity contribution in [1.29, 1.82) is 0 Å². The van der Waals surface area contributed by atoms with E-state index in [9.17, 15) is 4.79 Å². The molecule has 5 nitrogen and oxygen atoms in total. The third-order valence-electron chi connectivity index (χ3n) is 3.23. The van der Waals surface area contributed by atoms with Gasteiger partial charge in [0.25, 0.3) is 5.91 Å². The van der Waals surface area contributed by atoms with Gasteiger partial charge in [-0.2, -0.15) is 0 Å². The van der Waals surface area contributed by atoms with Gasteiger partial charge in [0, 0.05) is 20.7 Å². The Labute approximate surface area is 127 Å². The van der Waals surface area contributed by atoms with Crippen LogP contribution in [0.15, 0.2) is 24.3 Å². The van der Waals surface area contributed by atoms with Gasteiger partial charge in [0.05, 0.1) is 12.2 Å². The maximum atomic E-state index is 12.6. The molecular formula is C16H26N2O3. The molecule has 0 bridgehead atoms. The fourth-order valence-corrected chi connectivity index (χ4v) is 1.99. The lowest BCUT2D eigenvalue weighted by molar-refractivity contribution is 0.0733. The summed E-state index contributed by atoms with van der Waals surface area (Å²) < 4.78 is 10.6. The first-order valence-electron chi connectivity index (χ1n) is 7.07. The first-order chi connectivity index (χ1) is 9.91. The zero-order valence-electron chi connectivity index (χ0n) is 13.4. The number of amides is 1. The average molecular weight is 294 g/mol. The van der Waals surface area contributed by atoms with Crippen molar-refractivity contribution in [3.05, 3.63) is 29.8 Å². The van der Waals surface area contributed by atoms with Crippen molar-refractivity contribution in [2.45, 2.75) is 13.8 Å². The van der Waals surface area contributed by atoms with Crippen LogP contribution >= 0.6 is 0 Å². The summed E-state index contributed by atoms with van der Waals surface area (Å²) in [6.07, 6.45) is 0. The minimum Gasteiger partial charge on any atom is -0.490 e. The van der Waals surface area contributed by atoms with Crippen molar-refractivity contribution in [3.8, 4) is 5.75 Å². The smallest absolute Gasteiger partial charge is 0.257 e. The first kappa shape index (κ1) is 17.5. The zero-order chi connectivity index (χ0) is 15.9. The van der Waals surface area contributed by atoms with Crippen LogP contribution in [0, 0.1) is 5.41 Å². The van der Waals surface area contributed by atoms with Gasteiger partial charge in [0.2, 0.25) is 0 Å². The molecule has 0 aliphatic carbocycles. The van der Waals surface area contributed by atoms with Gasteiger partial charge in [-0.1, -0.05) is 26.0 Å². The first-order valence-corrected chi connectivity index (χ1v) is 7.07. The SMILES string of the molecule is COCCOc1ccccc1C(=O)N(C)CC(C)(C)CN. The Morgan fingerprint density at radius 3 is 2.57 bits per heavy atom. The predicted octanol–water partition coefficient (Wildman–Crippen LogP) is 1.77. The quantitative estimate of drug-likeness (QED) is 0.742. The highest BCUT2D eigenvalue weighted by Gasteiger charge is 2.23. The van der Waals surface area contributed by atoms with Crippen LogP contribution < -0.4 is 10.5 Å². The monoisotopic (exact) mass is 294 g/mol. The molecule has 0 saturated heterocycles. The van der Waals surface area contributed by atoms with E-state index in [1.54, 1.807) is 31.2 Å². The van der Waals surface area contributed by atoms with Crippen LogP contribution in [-0.4, -0.2) is 51.3 Å². The molecule has 0 spiro atoms. The van der Waals surface area contributed by atoms with Crippen molar-refractivity contribution < 1.29 is 14.3 Å². The highest BCUT2D eigenvalue weighted by Crippen LogP contribution is 2.21. The molecule has 0 aliphatic rings. The second kappa shape index (κ2) is 8.00. The Morgan fingerprint density at radius 2 is 1.95 bits per heavy atom. The lowest BCUT2D eigenvalue weighted by atomic mass is 9.93. The number of hydrogen-bond acceptors (Lipinski definition) is 4. The van der Waals surface area contributed by atoms with Crippen LogP contribution in [0.4, 0.5) is 0 Å². The Bertz CT molecular complexity index is 461. The second-order valence-electron chi connectivity index (χ2n) is 5.87. The number of hydrogen-bond donors (Lipinski definition) is 1. The van der Waals surface area contributed by atoms with E-state index in [0.717, 1.165) is 0 Å². The van der Waals surface area contributed by atoms with Crippen LogP contribution in [-0.2, 0) is 4.74 Å². The van der Waals surface area contributed by atoms with Crippen molar-refractivity contribution >= 4 is 5.91 Å². The number of carbonyl (C=O) groups excluding carboxylic acids is 1. The largest absolute Gasteiger partial charge is 0.490 e. The van der Waals surface area contributed by atoms with Crippen molar-refractivity contribution in [2.75, 3.05) is 40.5 Å². The van der Waals surface area contributed by atoms with Gasteiger partial charge in [0.1, 0.15) is 12.4 Å². The summed E-state index contributed by atoms with van der Waals surface area (Å²) in [6.45, 7) is 6.10. The van der Waals surface area contributed by atoms with Crippen molar-refractivity contribution in [1.82, 2.24) is 4.90 Å². The molecule has 2 N–H and O–H groups in total. The Morgan fingerprint density at radius 1 is 1.29 bits per heavy atom. The fourth-order valence-electron chi connectivity index (χ4n) is 1.99. The highest BCUT2D eigenvalue weighted by atomic mass is 16.5. The third kappa shape index (κ3) is 5.36. The van der Waals surface area contributed by atoms with Gasteiger partial charge in [-0.3, -0.25) is 4.79 Å². The minimum absolute atomic E-state index is 0.0652. The third-order valence-corrected chi connectivity index (χ3v) is 3.23. The van der Waals surface area contributed by atoms with E-state index in [0.29, 0.717) is 37.6 Å². The zero-order valence-corrected chi connectivity index (χ0v) is 13.4. The van der Waals surface area contributed by atoms with E-state index in [1.165, 1.54) is 0 Å². The topological polar surface area (TPSA) is 64.8 Å². The van der Waals surface area contributed by atoms with E-state index >= 15 is 0 Å². The number of para-hydroxylation sites is 1. The molecule has 0 fully saturated rings. The molecule has 21 heavy (non-hydrogen) atoms. The Kier molecular flexibility index (Phi) is 6.65. The Balaban J connectivity index is 2.81. The van der Waals surface area contributed by atoms with Gasteiger partial charge in [-0.05, 0) is 24.1 Å². The second-order valence-corrected chi connectivity index (χ2v) is 5.87. The molecule has 1 amide bonds. The standard InChI is InChI=1S/C16H26N2O3/c1-16(2,11-17)12-18(3)15(19)13-7-5-6-8-14(13)21-10-9-20-4/h5-8H,9-12,17H2,1-4H3. The highest BCUT2D eigenvalue weighted by molar-refractivity contribution is 5.96. The van der Waals surface area contributed by atoms with Gasteiger partial charge in [-0.25, -0.2) is 0 Å². The number of carbonyl (C=O) groups is 1. The molecule has 118 valence electrons. The normalized spacial score (nSPS) is 11.3. The molecule has 0 radical (unpaired) electrons. The summed E-state index contributed by atoms with van der Waals surface area (Å²) in [5.74, 6) is 0.515. The van der Waals surface area contributed by atoms with Crippen molar-refractivity contribution in [2.24, 2.45) is 11.1 Å².